The highest BCUT2D eigenvalue weighted by atomic mass is 32.1. The van der Waals surface area contributed by atoms with Crippen molar-refractivity contribution in [3.8, 4) is 0 Å². The first kappa shape index (κ1) is 10.8. The molecule has 90 valence electrons. The van der Waals surface area contributed by atoms with E-state index in [-0.39, 0.29) is 5.69 Å². The maximum absolute atomic E-state index is 10.7. The Hall–Kier alpha value is -2.28. The van der Waals surface area contributed by atoms with Crippen LogP contribution in [0.2, 0.25) is 0 Å². The lowest BCUT2D eigenvalue weighted by molar-refractivity contribution is -0.384. The van der Waals surface area contributed by atoms with Crippen LogP contribution in [0.25, 0.3) is 10.9 Å². The van der Waals surface area contributed by atoms with Gasteiger partial charge < -0.3 is 0 Å². The highest BCUT2D eigenvalue weighted by Gasteiger charge is 2.10. The molecule has 18 heavy (non-hydrogen) atoms. The molecule has 2 heterocycles. The van der Waals surface area contributed by atoms with Crippen LogP contribution in [0, 0.1) is 10.1 Å². The van der Waals surface area contributed by atoms with E-state index < -0.39 is 4.92 Å². The number of benzene rings is 1. The van der Waals surface area contributed by atoms with Gasteiger partial charge in [-0.2, -0.15) is 5.10 Å². The number of nitro benzene ring substituents is 1. The molecule has 1 aromatic carbocycles. The van der Waals surface area contributed by atoms with Gasteiger partial charge in [0.1, 0.15) is 5.01 Å². The van der Waals surface area contributed by atoms with Gasteiger partial charge >= 0.3 is 0 Å². The van der Waals surface area contributed by atoms with E-state index in [2.05, 4.69) is 10.1 Å². The van der Waals surface area contributed by atoms with Crippen LogP contribution in [0.3, 0.4) is 0 Å². The Labute approximate surface area is 106 Å². The van der Waals surface area contributed by atoms with Crippen LogP contribution in [0.15, 0.2) is 36.0 Å². The maximum Gasteiger partial charge on any atom is 0.270 e. The van der Waals surface area contributed by atoms with Gasteiger partial charge in [0.05, 0.1) is 23.2 Å². The van der Waals surface area contributed by atoms with E-state index in [0.29, 0.717) is 6.54 Å². The third-order valence-corrected chi connectivity index (χ3v) is 3.37. The second-order valence-corrected chi connectivity index (χ2v) is 4.71. The molecule has 0 saturated carbocycles. The summed E-state index contributed by atoms with van der Waals surface area (Å²) in [6.07, 6.45) is 3.38. The fraction of sp³-hybridized carbons (Fsp3) is 0.0909. The summed E-state index contributed by atoms with van der Waals surface area (Å²) in [5, 5.41) is 18.5. The molecule has 2 aromatic heterocycles. The smallest absolute Gasteiger partial charge is 0.258 e. The van der Waals surface area contributed by atoms with Crippen LogP contribution in [-0.4, -0.2) is 19.7 Å². The first-order valence-electron chi connectivity index (χ1n) is 5.22. The molecule has 0 aliphatic rings. The molecule has 0 spiro atoms. The van der Waals surface area contributed by atoms with Gasteiger partial charge in [0.15, 0.2) is 0 Å². The van der Waals surface area contributed by atoms with Gasteiger partial charge in [0, 0.05) is 29.1 Å². The van der Waals surface area contributed by atoms with E-state index in [9.17, 15) is 10.1 Å². The number of aromatic nitrogens is 3. The summed E-state index contributed by atoms with van der Waals surface area (Å²) < 4.78 is 1.79. The minimum Gasteiger partial charge on any atom is -0.258 e. The average molecular weight is 260 g/mol. The van der Waals surface area contributed by atoms with Gasteiger partial charge in [-0.3, -0.25) is 14.8 Å². The lowest BCUT2D eigenvalue weighted by atomic mass is 10.2. The van der Waals surface area contributed by atoms with E-state index in [1.807, 2.05) is 5.38 Å². The predicted octanol–water partition coefficient (Wildman–Crippen LogP) is 2.45. The number of nitro groups is 1. The van der Waals surface area contributed by atoms with Gasteiger partial charge in [-0.15, -0.1) is 11.3 Å². The van der Waals surface area contributed by atoms with Crippen molar-refractivity contribution < 1.29 is 4.92 Å². The molecule has 0 unspecified atom stereocenters. The van der Waals surface area contributed by atoms with Crippen molar-refractivity contribution >= 4 is 27.9 Å². The number of hydrogen-bond donors (Lipinski definition) is 0. The lowest BCUT2D eigenvalue weighted by Crippen LogP contribution is -2.00. The zero-order valence-electron chi connectivity index (χ0n) is 9.18. The molecule has 0 fully saturated rings. The van der Waals surface area contributed by atoms with Gasteiger partial charge in [0.25, 0.3) is 5.69 Å². The van der Waals surface area contributed by atoms with Crippen molar-refractivity contribution in [1.29, 1.82) is 0 Å². The third kappa shape index (κ3) is 1.84. The van der Waals surface area contributed by atoms with Crippen molar-refractivity contribution in [2.24, 2.45) is 0 Å². The fourth-order valence-electron chi connectivity index (χ4n) is 1.77. The molecule has 3 rings (SSSR count). The third-order valence-electron chi connectivity index (χ3n) is 2.60. The lowest BCUT2D eigenvalue weighted by Gasteiger charge is -2.00. The molecular weight excluding hydrogens is 252 g/mol. The molecule has 0 aliphatic heterocycles. The summed E-state index contributed by atoms with van der Waals surface area (Å²) in [7, 11) is 0. The minimum absolute atomic E-state index is 0.0799. The maximum atomic E-state index is 10.7. The Kier molecular flexibility index (Phi) is 2.52. The van der Waals surface area contributed by atoms with Crippen LogP contribution < -0.4 is 0 Å². The molecule has 0 saturated heterocycles. The van der Waals surface area contributed by atoms with E-state index in [1.54, 1.807) is 34.5 Å². The summed E-state index contributed by atoms with van der Waals surface area (Å²) in [4.78, 5) is 14.5. The van der Waals surface area contributed by atoms with E-state index in [1.165, 1.54) is 12.1 Å². The number of nitrogens with zero attached hydrogens (tertiary/aromatic N) is 4. The Morgan fingerprint density at radius 1 is 1.44 bits per heavy atom. The summed E-state index contributed by atoms with van der Waals surface area (Å²) in [5.41, 5.74) is 0.951. The highest BCUT2D eigenvalue weighted by Crippen LogP contribution is 2.21. The Morgan fingerprint density at radius 3 is 3.06 bits per heavy atom. The van der Waals surface area contributed by atoms with Gasteiger partial charge in [-0.05, 0) is 6.07 Å². The number of rotatable bonds is 3. The topological polar surface area (TPSA) is 73.8 Å². The molecule has 0 radical (unpaired) electrons. The van der Waals surface area contributed by atoms with Crippen molar-refractivity contribution in [2.75, 3.05) is 0 Å². The van der Waals surface area contributed by atoms with E-state index in [4.69, 9.17) is 0 Å². The Balaban J connectivity index is 2.02. The summed E-state index contributed by atoms with van der Waals surface area (Å²) in [6, 6.07) is 4.73. The van der Waals surface area contributed by atoms with Crippen molar-refractivity contribution in [3.63, 3.8) is 0 Å². The normalized spacial score (nSPS) is 10.9. The number of fused-ring (bicyclic) bond motifs is 1. The van der Waals surface area contributed by atoms with Crippen LogP contribution in [0.4, 0.5) is 5.69 Å². The van der Waals surface area contributed by atoms with E-state index >= 15 is 0 Å². The fourth-order valence-corrected chi connectivity index (χ4v) is 2.37. The number of non-ortho nitro benzene ring substituents is 1. The number of hydrogen-bond acceptors (Lipinski definition) is 5. The highest BCUT2D eigenvalue weighted by molar-refractivity contribution is 7.09. The molecule has 0 amide bonds. The van der Waals surface area contributed by atoms with Crippen molar-refractivity contribution in [3.05, 3.63) is 51.1 Å². The molecule has 0 atom stereocenters. The quantitative estimate of drug-likeness (QED) is 0.535. The average Bonchev–Trinajstić information content (AvgIpc) is 2.99. The van der Waals surface area contributed by atoms with Crippen LogP contribution in [0.5, 0.6) is 0 Å². The van der Waals surface area contributed by atoms with Gasteiger partial charge in [-0.25, -0.2) is 4.98 Å². The van der Waals surface area contributed by atoms with Crippen LogP contribution in [-0.2, 0) is 6.54 Å². The van der Waals surface area contributed by atoms with Crippen molar-refractivity contribution in [2.45, 2.75) is 6.54 Å². The molecule has 0 aliphatic carbocycles. The molecule has 7 heteroatoms. The van der Waals surface area contributed by atoms with Crippen LogP contribution >= 0.6 is 11.3 Å². The first-order valence-corrected chi connectivity index (χ1v) is 6.10. The first-order chi connectivity index (χ1) is 8.74. The summed E-state index contributed by atoms with van der Waals surface area (Å²) >= 11 is 1.56. The van der Waals surface area contributed by atoms with Crippen molar-refractivity contribution in [1.82, 2.24) is 14.8 Å². The zero-order chi connectivity index (χ0) is 12.5. The summed E-state index contributed by atoms with van der Waals surface area (Å²) in [6.45, 7) is 0.582. The minimum atomic E-state index is -0.405. The summed E-state index contributed by atoms with van der Waals surface area (Å²) in [5.74, 6) is 0. The van der Waals surface area contributed by atoms with Gasteiger partial charge in [0.2, 0.25) is 0 Å². The van der Waals surface area contributed by atoms with E-state index in [0.717, 1.165) is 15.9 Å². The Bertz CT molecular complexity index is 705. The molecule has 6 nitrogen and oxygen atoms in total. The number of thiazole rings is 1. The molecule has 0 N–H and O–H groups in total. The molecule has 3 aromatic rings. The van der Waals surface area contributed by atoms with Gasteiger partial charge in [-0.1, -0.05) is 0 Å². The second kappa shape index (κ2) is 4.19. The largest absolute Gasteiger partial charge is 0.270 e. The molecular formula is C11H8N4O2S. The monoisotopic (exact) mass is 260 g/mol. The molecule has 0 bridgehead atoms. The second-order valence-electron chi connectivity index (χ2n) is 3.73. The predicted molar refractivity (Wildman–Crippen MR) is 67.6 cm³/mol. The Morgan fingerprint density at radius 2 is 2.33 bits per heavy atom. The SMILES string of the molecule is O=[N+]([O-])c1ccc2c(cnn2Cc2nccs2)c1. The zero-order valence-corrected chi connectivity index (χ0v) is 10.0. The van der Waals surface area contributed by atoms with Crippen LogP contribution in [0.1, 0.15) is 5.01 Å². The standard InChI is InChI=1S/C11H8N4O2S/c16-15(17)9-1-2-10-8(5-9)6-13-14(10)7-11-12-3-4-18-11/h1-6H,7H2.